The summed E-state index contributed by atoms with van der Waals surface area (Å²) >= 11 is 3.95. The molecule has 0 bridgehead atoms. The fourth-order valence-corrected chi connectivity index (χ4v) is 2.73. The van der Waals surface area contributed by atoms with Gasteiger partial charge >= 0.3 is 0 Å². The molecular weight excluding hydrogens is 345 g/mol. The predicted octanol–water partition coefficient (Wildman–Crippen LogP) is 3.94. The van der Waals surface area contributed by atoms with E-state index in [4.69, 9.17) is 0 Å². The Balaban J connectivity index is 2.34. The van der Waals surface area contributed by atoms with Crippen LogP contribution >= 0.6 is 33.9 Å². The summed E-state index contributed by atoms with van der Waals surface area (Å²) in [6.07, 6.45) is 2.96. The number of halogens is 1. The van der Waals surface area contributed by atoms with Crippen LogP contribution in [0.25, 0.3) is 11.4 Å². The van der Waals surface area contributed by atoms with E-state index in [9.17, 15) is 0 Å². The van der Waals surface area contributed by atoms with Crippen LogP contribution in [0.4, 0.5) is 5.82 Å². The van der Waals surface area contributed by atoms with E-state index in [-0.39, 0.29) is 0 Å². The molecule has 0 saturated heterocycles. The first-order chi connectivity index (χ1) is 8.22. The van der Waals surface area contributed by atoms with Crippen LogP contribution in [0.3, 0.4) is 0 Å². The minimum absolute atomic E-state index is 0.808. The Labute approximate surface area is 119 Å². The molecule has 3 nitrogen and oxygen atoms in total. The highest BCUT2D eigenvalue weighted by Gasteiger charge is 2.09. The monoisotopic (exact) mass is 359 g/mol. The van der Waals surface area contributed by atoms with Gasteiger partial charge in [0.1, 0.15) is 5.82 Å². The van der Waals surface area contributed by atoms with Gasteiger partial charge in [0.25, 0.3) is 0 Å². The highest BCUT2D eigenvalue weighted by Crippen LogP contribution is 2.25. The lowest BCUT2D eigenvalue weighted by molar-refractivity contribution is 0.963. The fourth-order valence-electron chi connectivity index (χ4n) is 1.45. The van der Waals surface area contributed by atoms with Gasteiger partial charge in [-0.15, -0.1) is 0 Å². The van der Waals surface area contributed by atoms with E-state index in [2.05, 4.69) is 62.5 Å². The molecule has 0 unspecified atom stereocenters. The third kappa shape index (κ3) is 2.95. The minimum atomic E-state index is 0.808. The van der Waals surface area contributed by atoms with E-state index < -0.39 is 0 Å². The number of anilines is 1. The molecule has 2 aromatic heterocycles. The number of rotatable bonds is 4. The number of hydrogen-bond acceptors (Lipinski definition) is 4. The second-order valence-corrected chi connectivity index (χ2v) is 5.69. The fraction of sp³-hybridized carbons (Fsp3) is 0.333. The average molecular weight is 359 g/mol. The molecule has 1 N–H and O–H groups in total. The van der Waals surface area contributed by atoms with E-state index in [1.807, 2.05) is 6.20 Å². The lowest BCUT2D eigenvalue weighted by atomic mass is 10.2. The molecular formula is C12H14IN3S. The third-order valence-electron chi connectivity index (χ3n) is 2.38. The average Bonchev–Trinajstić information content (AvgIpc) is 2.75. The maximum absolute atomic E-state index is 4.59. The van der Waals surface area contributed by atoms with Gasteiger partial charge in [0.15, 0.2) is 5.82 Å². The molecule has 0 atom stereocenters. The van der Waals surface area contributed by atoms with Crippen molar-refractivity contribution >= 4 is 39.7 Å². The molecule has 0 amide bonds. The molecule has 0 aliphatic carbocycles. The van der Waals surface area contributed by atoms with Crippen LogP contribution in [0.1, 0.15) is 18.9 Å². The molecule has 2 heterocycles. The largest absolute Gasteiger partial charge is 0.369 e. The SMILES string of the molecule is CCCNc1nc(-c2cscc2C)ncc1I. The van der Waals surface area contributed by atoms with Gasteiger partial charge in [0, 0.05) is 23.7 Å². The number of hydrogen-bond donors (Lipinski definition) is 1. The Morgan fingerprint density at radius 1 is 1.41 bits per heavy atom. The topological polar surface area (TPSA) is 37.8 Å². The molecule has 2 rings (SSSR count). The molecule has 0 spiro atoms. The van der Waals surface area contributed by atoms with Crippen molar-refractivity contribution in [3.63, 3.8) is 0 Å². The Kier molecular flexibility index (Phi) is 4.33. The Morgan fingerprint density at radius 3 is 2.88 bits per heavy atom. The van der Waals surface area contributed by atoms with Crippen molar-refractivity contribution in [1.29, 1.82) is 0 Å². The smallest absolute Gasteiger partial charge is 0.162 e. The molecule has 90 valence electrons. The van der Waals surface area contributed by atoms with Gasteiger partial charge in [-0.2, -0.15) is 11.3 Å². The minimum Gasteiger partial charge on any atom is -0.369 e. The molecule has 0 aliphatic rings. The zero-order valence-electron chi connectivity index (χ0n) is 9.83. The summed E-state index contributed by atoms with van der Waals surface area (Å²) in [5.74, 6) is 1.74. The molecule has 0 saturated carbocycles. The van der Waals surface area contributed by atoms with Crippen LogP contribution in [0.5, 0.6) is 0 Å². The Bertz CT molecular complexity index is 510. The van der Waals surface area contributed by atoms with Crippen molar-refractivity contribution in [2.75, 3.05) is 11.9 Å². The van der Waals surface area contributed by atoms with Crippen LogP contribution in [0.15, 0.2) is 17.0 Å². The van der Waals surface area contributed by atoms with Gasteiger partial charge in [-0.3, -0.25) is 0 Å². The van der Waals surface area contributed by atoms with E-state index in [1.54, 1.807) is 11.3 Å². The second-order valence-electron chi connectivity index (χ2n) is 3.79. The molecule has 2 aromatic rings. The van der Waals surface area contributed by atoms with Gasteiger partial charge in [0.2, 0.25) is 0 Å². The number of aryl methyl sites for hydroxylation is 1. The van der Waals surface area contributed by atoms with E-state index in [0.29, 0.717) is 0 Å². The van der Waals surface area contributed by atoms with E-state index >= 15 is 0 Å². The normalized spacial score (nSPS) is 10.5. The molecule has 0 fully saturated rings. The van der Waals surface area contributed by atoms with Gasteiger partial charge in [-0.25, -0.2) is 9.97 Å². The summed E-state index contributed by atoms with van der Waals surface area (Å²) < 4.78 is 1.06. The number of nitrogens with one attached hydrogen (secondary N) is 1. The van der Waals surface area contributed by atoms with Crippen LogP contribution in [0.2, 0.25) is 0 Å². The summed E-state index contributed by atoms with van der Waals surface area (Å²) in [5.41, 5.74) is 2.36. The molecule has 0 aliphatic heterocycles. The number of aromatic nitrogens is 2. The lowest BCUT2D eigenvalue weighted by Gasteiger charge is -2.07. The van der Waals surface area contributed by atoms with Crippen molar-refractivity contribution in [2.24, 2.45) is 0 Å². The number of thiophene rings is 1. The van der Waals surface area contributed by atoms with Crippen LogP contribution in [-0.2, 0) is 0 Å². The maximum atomic E-state index is 4.59. The Hall–Kier alpha value is -0.690. The highest BCUT2D eigenvalue weighted by molar-refractivity contribution is 14.1. The highest BCUT2D eigenvalue weighted by atomic mass is 127. The number of nitrogens with zero attached hydrogens (tertiary/aromatic N) is 2. The summed E-state index contributed by atoms with van der Waals surface area (Å²) in [7, 11) is 0. The van der Waals surface area contributed by atoms with E-state index in [1.165, 1.54) is 5.56 Å². The van der Waals surface area contributed by atoms with Crippen molar-refractivity contribution in [3.05, 3.63) is 26.1 Å². The maximum Gasteiger partial charge on any atom is 0.162 e. The summed E-state index contributed by atoms with van der Waals surface area (Å²) in [5, 5.41) is 7.55. The molecule has 0 radical (unpaired) electrons. The van der Waals surface area contributed by atoms with Gasteiger partial charge in [-0.05, 0) is 46.9 Å². The molecule has 17 heavy (non-hydrogen) atoms. The third-order valence-corrected chi connectivity index (χ3v) is 4.03. The molecule has 0 aromatic carbocycles. The second kappa shape index (κ2) is 5.77. The van der Waals surface area contributed by atoms with Crippen LogP contribution in [-0.4, -0.2) is 16.5 Å². The van der Waals surface area contributed by atoms with Crippen molar-refractivity contribution in [2.45, 2.75) is 20.3 Å². The first-order valence-corrected chi connectivity index (χ1v) is 7.54. The molecule has 5 heteroatoms. The zero-order valence-corrected chi connectivity index (χ0v) is 12.8. The van der Waals surface area contributed by atoms with Gasteiger partial charge in [-0.1, -0.05) is 6.92 Å². The summed E-state index contributed by atoms with van der Waals surface area (Å²) in [6, 6.07) is 0. The standard InChI is InChI=1S/C12H14IN3S/c1-3-4-14-12-10(13)5-15-11(16-12)9-7-17-6-8(9)2/h5-7H,3-4H2,1-2H3,(H,14,15,16). The van der Waals surface area contributed by atoms with Crippen LogP contribution in [0, 0.1) is 10.5 Å². The van der Waals surface area contributed by atoms with Crippen molar-refractivity contribution in [3.8, 4) is 11.4 Å². The predicted molar refractivity (Wildman–Crippen MR) is 81.6 cm³/mol. The van der Waals surface area contributed by atoms with E-state index in [0.717, 1.165) is 33.7 Å². The van der Waals surface area contributed by atoms with Gasteiger partial charge in [0.05, 0.1) is 3.57 Å². The van der Waals surface area contributed by atoms with Crippen molar-refractivity contribution < 1.29 is 0 Å². The first kappa shape index (κ1) is 12.8. The van der Waals surface area contributed by atoms with Crippen molar-refractivity contribution in [1.82, 2.24) is 9.97 Å². The first-order valence-electron chi connectivity index (χ1n) is 5.52. The zero-order chi connectivity index (χ0) is 12.3. The summed E-state index contributed by atoms with van der Waals surface area (Å²) in [4.78, 5) is 8.99. The van der Waals surface area contributed by atoms with Gasteiger partial charge < -0.3 is 5.32 Å². The Morgan fingerprint density at radius 2 is 2.24 bits per heavy atom. The van der Waals surface area contributed by atoms with Crippen LogP contribution < -0.4 is 5.32 Å². The quantitative estimate of drug-likeness (QED) is 0.841. The lowest BCUT2D eigenvalue weighted by Crippen LogP contribution is -2.05. The summed E-state index contributed by atoms with van der Waals surface area (Å²) in [6.45, 7) is 5.17.